The molecule has 0 bridgehead atoms. The van der Waals surface area contributed by atoms with Gasteiger partial charge in [-0.15, -0.1) is 12.4 Å². The van der Waals surface area contributed by atoms with Crippen LogP contribution in [0.3, 0.4) is 0 Å². The van der Waals surface area contributed by atoms with Gasteiger partial charge in [0.15, 0.2) is 12.4 Å². The van der Waals surface area contributed by atoms with Gasteiger partial charge in [0.05, 0.1) is 6.61 Å². The molecule has 0 aliphatic rings. The number of aryl methyl sites for hydroxylation is 1. The van der Waals surface area contributed by atoms with Gasteiger partial charge in [-0.2, -0.15) is 4.57 Å². The van der Waals surface area contributed by atoms with Crippen molar-refractivity contribution in [1.29, 1.82) is 0 Å². The lowest BCUT2D eigenvalue weighted by Crippen LogP contribution is -2.38. The van der Waals surface area contributed by atoms with Crippen LogP contribution in [0.5, 0.6) is 0 Å². The zero-order valence-electron chi connectivity index (χ0n) is 14.1. The molecule has 22 heavy (non-hydrogen) atoms. The topological polar surface area (TPSA) is 30.2 Å². The second-order valence-corrected chi connectivity index (χ2v) is 5.75. The van der Waals surface area contributed by atoms with Gasteiger partial charge in [-0.25, -0.2) is 4.79 Å². The van der Waals surface area contributed by atoms with E-state index < -0.39 is 0 Å². The van der Waals surface area contributed by atoms with E-state index in [9.17, 15) is 4.79 Å². The van der Waals surface area contributed by atoms with Crippen molar-refractivity contribution in [2.45, 2.75) is 71.8 Å². The number of unbranched alkanes of at least 4 members (excludes halogenated alkanes) is 7. The molecule has 0 amide bonds. The Morgan fingerprint density at radius 1 is 1.09 bits per heavy atom. The maximum atomic E-state index is 11.7. The van der Waals surface area contributed by atoms with Gasteiger partial charge in [0.2, 0.25) is 6.54 Å². The fourth-order valence-corrected chi connectivity index (χ4v) is 2.37. The van der Waals surface area contributed by atoms with Crippen LogP contribution < -0.4 is 4.57 Å². The lowest BCUT2D eigenvalue weighted by Gasteiger charge is -2.03. The summed E-state index contributed by atoms with van der Waals surface area (Å²) in [6.45, 7) is 5.12. The minimum Gasteiger partial charge on any atom is -0.461 e. The van der Waals surface area contributed by atoms with E-state index in [1.807, 2.05) is 36.0 Å². The highest BCUT2D eigenvalue weighted by molar-refractivity contribution is 5.85. The third kappa shape index (κ3) is 10.6. The van der Waals surface area contributed by atoms with E-state index in [4.69, 9.17) is 4.74 Å². The quantitative estimate of drug-likeness (QED) is 0.342. The lowest BCUT2D eigenvalue weighted by molar-refractivity contribution is -0.686. The first-order valence-corrected chi connectivity index (χ1v) is 8.33. The van der Waals surface area contributed by atoms with Gasteiger partial charge in [-0.1, -0.05) is 51.9 Å². The molecule has 0 saturated carbocycles. The van der Waals surface area contributed by atoms with Crippen LogP contribution in [-0.4, -0.2) is 12.6 Å². The molecule has 0 N–H and O–H groups in total. The number of hydrogen-bond acceptors (Lipinski definition) is 2. The highest BCUT2D eigenvalue weighted by Crippen LogP contribution is 2.08. The molecule has 0 fully saturated rings. The molecule has 126 valence electrons. The first-order valence-electron chi connectivity index (χ1n) is 8.33. The van der Waals surface area contributed by atoms with E-state index in [2.05, 4.69) is 6.92 Å². The van der Waals surface area contributed by atoms with Crippen molar-refractivity contribution in [3.8, 4) is 0 Å². The van der Waals surface area contributed by atoms with Crippen LogP contribution in [0.4, 0.5) is 0 Å². The molecule has 1 rings (SSSR count). The van der Waals surface area contributed by atoms with Gasteiger partial charge in [0.25, 0.3) is 0 Å². The van der Waals surface area contributed by atoms with Gasteiger partial charge in [-0.05, 0) is 19.4 Å². The van der Waals surface area contributed by atoms with Crippen LogP contribution in [-0.2, 0) is 16.1 Å². The monoisotopic (exact) mass is 328 g/mol. The molecule has 0 spiro atoms. The number of pyridine rings is 1. The molecular formula is C18H31ClNO2+. The Kier molecular flexibility index (Phi) is 12.9. The van der Waals surface area contributed by atoms with Crippen LogP contribution in [0, 0.1) is 6.92 Å². The first-order chi connectivity index (χ1) is 10.2. The summed E-state index contributed by atoms with van der Waals surface area (Å²) < 4.78 is 7.14. The number of esters is 1. The van der Waals surface area contributed by atoms with Crippen molar-refractivity contribution in [2.75, 3.05) is 6.61 Å². The summed E-state index contributed by atoms with van der Waals surface area (Å²) in [7, 11) is 0. The Labute approximate surface area is 141 Å². The van der Waals surface area contributed by atoms with E-state index >= 15 is 0 Å². The Hall–Kier alpha value is -1.09. The summed E-state index contributed by atoms with van der Waals surface area (Å²) in [5, 5.41) is 0. The summed E-state index contributed by atoms with van der Waals surface area (Å²) >= 11 is 0. The predicted octanol–water partition coefficient (Wildman–Crippen LogP) is 4.39. The maximum absolute atomic E-state index is 11.7. The van der Waals surface area contributed by atoms with Crippen LogP contribution in [0.1, 0.15) is 63.9 Å². The molecule has 1 aromatic rings. The molecule has 0 aliphatic carbocycles. The molecule has 0 aliphatic heterocycles. The Morgan fingerprint density at radius 2 is 1.73 bits per heavy atom. The Morgan fingerprint density at radius 3 is 2.36 bits per heavy atom. The van der Waals surface area contributed by atoms with E-state index in [1.54, 1.807) is 0 Å². The fourth-order valence-electron chi connectivity index (χ4n) is 2.37. The molecule has 0 unspecified atom stereocenters. The second kappa shape index (κ2) is 13.6. The molecule has 0 radical (unpaired) electrons. The Balaban J connectivity index is 0.00000441. The number of carbonyl (C=O) groups is 1. The van der Waals surface area contributed by atoms with E-state index in [-0.39, 0.29) is 18.4 Å². The van der Waals surface area contributed by atoms with E-state index in [0.29, 0.717) is 13.2 Å². The van der Waals surface area contributed by atoms with Gasteiger partial charge >= 0.3 is 5.97 Å². The van der Waals surface area contributed by atoms with Crippen molar-refractivity contribution in [3.63, 3.8) is 0 Å². The number of carbonyl (C=O) groups excluding carboxylic acids is 1. The number of ether oxygens (including phenoxy) is 1. The number of nitrogens with zero attached hydrogens (tertiary/aromatic N) is 1. The highest BCUT2D eigenvalue weighted by atomic mass is 35.5. The van der Waals surface area contributed by atoms with Crippen LogP contribution >= 0.6 is 12.4 Å². The SMILES string of the molecule is CCCCCCCCCCOC(=O)C[n+]1cccc(C)c1.Cl. The number of halogens is 1. The van der Waals surface area contributed by atoms with Crippen molar-refractivity contribution >= 4 is 18.4 Å². The summed E-state index contributed by atoms with van der Waals surface area (Å²) in [6.07, 6.45) is 13.9. The molecule has 1 heterocycles. The maximum Gasteiger partial charge on any atom is 0.372 e. The standard InChI is InChI=1S/C18H30NO2.ClH/c1-3-4-5-6-7-8-9-10-14-21-18(20)16-19-13-11-12-17(2)15-19;/h11-13,15H,3-10,14,16H2,1-2H3;1H/q+1;. The molecular weight excluding hydrogens is 298 g/mol. The van der Waals surface area contributed by atoms with Gasteiger partial charge in [-0.3, -0.25) is 0 Å². The Bertz CT molecular complexity index is 410. The second-order valence-electron chi connectivity index (χ2n) is 5.75. The molecule has 1 aromatic heterocycles. The largest absolute Gasteiger partial charge is 0.461 e. The summed E-state index contributed by atoms with van der Waals surface area (Å²) in [5.74, 6) is -0.145. The van der Waals surface area contributed by atoms with Gasteiger partial charge in [0, 0.05) is 11.6 Å². The fraction of sp³-hybridized carbons (Fsp3) is 0.667. The first kappa shape index (κ1) is 20.9. The molecule has 4 heteroatoms. The van der Waals surface area contributed by atoms with Gasteiger partial charge < -0.3 is 4.74 Å². The minimum atomic E-state index is -0.145. The molecule has 0 aromatic carbocycles. The smallest absolute Gasteiger partial charge is 0.372 e. The van der Waals surface area contributed by atoms with Gasteiger partial charge in [0.1, 0.15) is 0 Å². The minimum absolute atomic E-state index is 0. The third-order valence-corrected chi connectivity index (χ3v) is 3.58. The average Bonchev–Trinajstić information content (AvgIpc) is 2.45. The van der Waals surface area contributed by atoms with Crippen molar-refractivity contribution in [1.82, 2.24) is 0 Å². The zero-order valence-corrected chi connectivity index (χ0v) is 14.9. The van der Waals surface area contributed by atoms with Crippen LogP contribution in [0.15, 0.2) is 24.5 Å². The highest BCUT2D eigenvalue weighted by Gasteiger charge is 2.10. The summed E-state index contributed by atoms with van der Waals surface area (Å²) in [4.78, 5) is 11.7. The van der Waals surface area contributed by atoms with Crippen LogP contribution in [0.2, 0.25) is 0 Å². The van der Waals surface area contributed by atoms with E-state index in [0.717, 1.165) is 18.4 Å². The average molecular weight is 329 g/mol. The van der Waals surface area contributed by atoms with Crippen LogP contribution in [0.25, 0.3) is 0 Å². The number of hydrogen-bond donors (Lipinski definition) is 0. The number of rotatable bonds is 11. The predicted molar refractivity (Wildman–Crippen MR) is 92.2 cm³/mol. The van der Waals surface area contributed by atoms with Crippen molar-refractivity contribution < 1.29 is 14.1 Å². The third-order valence-electron chi connectivity index (χ3n) is 3.58. The van der Waals surface area contributed by atoms with Crippen molar-refractivity contribution in [3.05, 3.63) is 30.1 Å². The molecule has 3 nitrogen and oxygen atoms in total. The normalized spacial score (nSPS) is 10.1. The molecule has 0 atom stereocenters. The zero-order chi connectivity index (χ0) is 15.3. The lowest BCUT2D eigenvalue weighted by atomic mass is 10.1. The summed E-state index contributed by atoms with van der Waals surface area (Å²) in [5.41, 5.74) is 1.15. The summed E-state index contributed by atoms with van der Waals surface area (Å²) in [6, 6.07) is 3.96. The molecule has 0 saturated heterocycles. The van der Waals surface area contributed by atoms with E-state index in [1.165, 1.54) is 38.5 Å². The number of aromatic nitrogens is 1. The van der Waals surface area contributed by atoms with Crippen molar-refractivity contribution in [2.24, 2.45) is 0 Å².